The van der Waals surface area contributed by atoms with E-state index < -0.39 is 0 Å². The van der Waals surface area contributed by atoms with E-state index >= 15 is 0 Å². The molecular formula is C16H22N2O. The second-order valence-electron chi connectivity index (χ2n) is 4.84. The summed E-state index contributed by atoms with van der Waals surface area (Å²) in [5.41, 5.74) is 2.97. The summed E-state index contributed by atoms with van der Waals surface area (Å²) < 4.78 is 1.73. The minimum absolute atomic E-state index is 0.305. The summed E-state index contributed by atoms with van der Waals surface area (Å²) in [5, 5.41) is 15.0. The summed E-state index contributed by atoms with van der Waals surface area (Å²) in [5.74, 6) is 0.305. The Hall–Kier alpha value is -1.77. The first-order valence-corrected chi connectivity index (χ1v) is 7.12. The third-order valence-corrected chi connectivity index (χ3v) is 3.26. The van der Waals surface area contributed by atoms with Gasteiger partial charge in [-0.25, -0.2) is 4.68 Å². The largest absolute Gasteiger partial charge is 0.493 e. The summed E-state index contributed by atoms with van der Waals surface area (Å²) >= 11 is 0. The van der Waals surface area contributed by atoms with Gasteiger partial charge in [-0.3, -0.25) is 0 Å². The number of hydrogen-bond acceptors (Lipinski definition) is 2. The van der Waals surface area contributed by atoms with Gasteiger partial charge in [0.05, 0.1) is 11.3 Å². The molecule has 0 aliphatic heterocycles. The van der Waals surface area contributed by atoms with Crippen LogP contribution in [0.15, 0.2) is 30.3 Å². The van der Waals surface area contributed by atoms with Gasteiger partial charge in [-0.2, -0.15) is 5.10 Å². The van der Waals surface area contributed by atoms with Crippen LogP contribution in [0.1, 0.15) is 38.8 Å². The third-order valence-electron chi connectivity index (χ3n) is 3.26. The number of rotatable bonds is 6. The molecule has 0 fully saturated rings. The number of aryl methyl sites for hydroxylation is 2. The molecule has 2 aromatic rings. The molecule has 0 saturated heterocycles. The Bertz CT molecular complexity index is 517. The van der Waals surface area contributed by atoms with Crippen molar-refractivity contribution >= 4 is 0 Å². The first-order chi connectivity index (χ1) is 9.27. The molecule has 2 rings (SSSR count). The number of unbranched alkanes of at least 4 members (excludes halogenated alkanes) is 1. The minimum atomic E-state index is 0.305. The van der Waals surface area contributed by atoms with E-state index in [-0.39, 0.29) is 0 Å². The van der Waals surface area contributed by atoms with Gasteiger partial charge in [-0.1, -0.05) is 50.6 Å². The van der Waals surface area contributed by atoms with Crippen LogP contribution in [0.3, 0.4) is 0 Å². The van der Waals surface area contributed by atoms with E-state index in [1.807, 2.05) is 30.3 Å². The van der Waals surface area contributed by atoms with E-state index in [0.29, 0.717) is 5.88 Å². The summed E-state index contributed by atoms with van der Waals surface area (Å²) in [6.07, 6.45) is 4.12. The summed E-state index contributed by atoms with van der Waals surface area (Å²) in [4.78, 5) is 0. The SMILES string of the molecule is CCCCc1nn(CCC)c(O)c1-c1ccccc1. The van der Waals surface area contributed by atoms with E-state index in [1.54, 1.807) is 4.68 Å². The molecule has 3 nitrogen and oxygen atoms in total. The highest BCUT2D eigenvalue weighted by molar-refractivity contribution is 5.71. The van der Waals surface area contributed by atoms with Crippen LogP contribution in [-0.2, 0) is 13.0 Å². The summed E-state index contributed by atoms with van der Waals surface area (Å²) in [6.45, 7) is 5.03. The summed E-state index contributed by atoms with van der Waals surface area (Å²) in [6, 6.07) is 10.0. The molecule has 0 unspecified atom stereocenters. The van der Waals surface area contributed by atoms with Crippen molar-refractivity contribution in [3.8, 4) is 17.0 Å². The van der Waals surface area contributed by atoms with Gasteiger partial charge >= 0.3 is 0 Å². The molecule has 0 aliphatic carbocycles. The first-order valence-electron chi connectivity index (χ1n) is 7.12. The van der Waals surface area contributed by atoms with Crippen LogP contribution in [0.2, 0.25) is 0 Å². The van der Waals surface area contributed by atoms with Crippen LogP contribution in [0.4, 0.5) is 0 Å². The maximum absolute atomic E-state index is 10.4. The zero-order valence-electron chi connectivity index (χ0n) is 11.8. The van der Waals surface area contributed by atoms with E-state index in [2.05, 4.69) is 18.9 Å². The Balaban J connectivity index is 2.43. The average Bonchev–Trinajstić information content (AvgIpc) is 2.74. The lowest BCUT2D eigenvalue weighted by atomic mass is 10.0. The predicted octanol–water partition coefficient (Wildman–Crippen LogP) is 4.01. The highest BCUT2D eigenvalue weighted by Gasteiger charge is 2.17. The van der Waals surface area contributed by atoms with Crippen LogP contribution in [-0.4, -0.2) is 14.9 Å². The lowest BCUT2D eigenvalue weighted by Gasteiger charge is -2.03. The molecule has 3 heteroatoms. The molecule has 0 bridgehead atoms. The maximum atomic E-state index is 10.4. The topological polar surface area (TPSA) is 38.0 Å². The molecule has 0 atom stereocenters. The predicted molar refractivity (Wildman–Crippen MR) is 78.2 cm³/mol. The van der Waals surface area contributed by atoms with Crippen LogP contribution >= 0.6 is 0 Å². The molecule has 1 aromatic heterocycles. The molecule has 0 radical (unpaired) electrons. The normalized spacial score (nSPS) is 10.8. The third kappa shape index (κ3) is 2.98. The number of aromatic hydroxyl groups is 1. The van der Waals surface area contributed by atoms with E-state index in [9.17, 15) is 5.11 Å². The van der Waals surface area contributed by atoms with Crippen molar-refractivity contribution in [2.24, 2.45) is 0 Å². The van der Waals surface area contributed by atoms with Crippen molar-refractivity contribution < 1.29 is 5.11 Å². The Morgan fingerprint density at radius 2 is 1.84 bits per heavy atom. The molecule has 102 valence electrons. The lowest BCUT2D eigenvalue weighted by Crippen LogP contribution is -1.99. The second-order valence-corrected chi connectivity index (χ2v) is 4.84. The first kappa shape index (κ1) is 13.7. The quantitative estimate of drug-likeness (QED) is 0.850. The van der Waals surface area contributed by atoms with Crippen molar-refractivity contribution in [2.75, 3.05) is 0 Å². The Kier molecular flexibility index (Phi) is 4.61. The van der Waals surface area contributed by atoms with Crippen molar-refractivity contribution in [3.05, 3.63) is 36.0 Å². The number of hydrogen-bond donors (Lipinski definition) is 1. The number of aromatic nitrogens is 2. The van der Waals surface area contributed by atoms with Crippen LogP contribution < -0.4 is 0 Å². The maximum Gasteiger partial charge on any atom is 0.217 e. The molecule has 0 aliphatic rings. The Morgan fingerprint density at radius 3 is 2.47 bits per heavy atom. The fraction of sp³-hybridized carbons (Fsp3) is 0.438. The Labute approximate surface area is 114 Å². The highest BCUT2D eigenvalue weighted by atomic mass is 16.3. The standard InChI is InChI=1S/C16H22N2O/c1-3-5-11-14-15(13-9-7-6-8-10-13)16(19)18(17-14)12-4-2/h6-10,19H,3-5,11-12H2,1-2H3. The molecule has 1 N–H and O–H groups in total. The fourth-order valence-corrected chi connectivity index (χ4v) is 2.29. The van der Waals surface area contributed by atoms with Crippen molar-refractivity contribution in [2.45, 2.75) is 46.1 Å². The van der Waals surface area contributed by atoms with E-state index in [0.717, 1.165) is 49.0 Å². The minimum Gasteiger partial charge on any atom is -0.493 e. The van der Waals surface area contributed by atoms with Crippen LogP contribution in [0, 0.1) is 0 Å². The smallest absolute Gasteiger partial charge is 0.217 e. The number of nitrogens with zero attached hydrogens (tertiary/aromatic N) is 2. The molecule has 1 aromatic carbocycles. The van der Waals surface area contributed by atoms with E-state index in [1.165, 1.54) is 0 Å². The van der Waals surface area contributed by atoms with Crippen molar-refractivity contribution in [1.29, 1.82) is 0 Å². The zero-order valence-corrected chi connectivity index (χ0v) is 11.8. The lowest BCUT2D eigenvalue weighted by molar-refractivity contribution is 0.398. The molecule has 1 heterocycles. The second kappa shape index (κ2) is 6.41. The molecule has 0 spiro atoms. The van der Waals surface area contributed by atoms with Crippen LogP contribution in [0.5, 0.6) is 5.88 Å². The highest BCUT2D eigenvalue weighted by Crippen LogP contribution is 2.33. The Morgan fingerprint density at radius 1 is 1.11 bits per heavy atom. The average molecular weight is 258 g/mol. The molecule has 19 heavy (non-hydrogen) atoms. The van der Waals surface area contributed by atoms with Gasteiger partial charge in [0.1, 0.15) is 0 Å². The summed E-state index contributed by atoms with van der Waals surface area (Å²) in [7, 11) is 0. The van der Waals surface area contributed by atoms with Crippen LogP contribution in [0.25, 0.3) is 11.1 Å². The van der Waals surface area contributed by atoms with Crippen molar-refractivity contribution in [1.82, 2.24) is 9.78 Å². The van der Waals surface area contributed by atoms with Gasteiger partial charge in [0.25, 0.3) is 0 Å². The van der Waals surface area contributed by atoms with Gasteiger partial charge in [0.15, 0.2) is 0 Å². The molecule has 0 amide bonds. The van der Waals surface area contributed by atoms with Gasteiger partial charge in [-0.15, -0.1) is 0 Å². The zero-order chi connectivity index (χ0) is 13.7. The van der Waals surface area contributed by atoms with Gasteiger partial charge in [-0.05, 0) is 24.8 Å². The van der Waals surface area contributed by atoms with E-state index in [4.69, 9.17) is 0 Å². The van der Waals surface area contributed by atoms with Gasteiger partial charge in [0, 0.05) is 6.54 Å². The number of benzene rings is 1. The molecule has 0 saturated carbocycles. The fourth-order valence-electron chi connectivity index (χ4n) is 2.29. The monoisotopic (exact) mass is 258 g/mol. The molecular weight excluding hydrogens is 236 g/mol. The van der Waals surface area contributed by atoms with Gasteiger partial charge in [0.2, 0.25) is 5.88 Å². The van der Waals surface area contributed by atoms with Gasteiger partial charge < -0.3 is 5.11 Å². The van der Waals surface area contributed by atoms with Crippen molar-refractivity contribution in [3.63, 3.8) is 0 Å².